The van der Waals surface area contributed by atoms with Gasteiger partial charge in [-0.05, 0) is 22.8 Å². The largest absolute Gasteiger partial charge is 0.352 e. The fraction of sp³-hybridized carbons (Fsp3) is 0.190. The van der Waals surface area contributed by atoms with E-state index in [1.54, 1.807) is 36.8 Å². The maximum Gasteiger partial charge on any atom is 0.312 e. The summed E-state index contributed by atoms with van der Waals surface area (Å²) >= 11 is 6.22. The summed E-state index contributed by atoms with van der Waals surface area (Å²) in [5.74, 6) is -0.221. The molecule has 3 amide bonds. The molecule has 150 valence electrons. The van der Waals surface area contributed by atoms with E-state index < -0.39 is 12.1 Å². The molecule has 1 aromatic heterocycles. The smallest absolute Gasteiger partial charge is 0.312 e. The van der Waals surface area contributed by atoms with Crippen molar-refractivity contribution in [3.05, 3.63) is 89.0 Å². The number of nitrogens with one attached hydrogen (secondary N) is 2. The van der Waals surface area contributed by atoms with Crippen LogP contribution >= 0.6 is 11.6 Å². The summed E-state index contributed by atoms with van der Waals surface area (Å²) in [7, 11) is 0. The van der Waals surface area contributed by atoms with Crippen molar-refractivity contribution in [1.29, 1.82) is 0 Å². The highest BCUT2D eigenvalue weighted by Crippen LogP contribution is 2.25. The van der Waals surface area contributed by atoms with Crippen molar-refractivity contribution in [3.8, 4) is 0 Å². The highest BCUT2D eigenvalue weighted by atomic mass is 35.5. The molecule has 0 unspecified atom stereocenters. The van der Waals surface area contributed by atoms with E-state index in [9.17, 15) is 9.59 Å². The first-order valence-electron chi connectivity index (χ1n) is 9.12. The van der Waals surface area contributed by atoms with Crippen molar-refractivity contribution in [2.75, 3.05) is 0 Å². The molecule has 0 spiro atoms. The first-order valence-corrected chi connectivity index (χ1v) is 9.50. The molecule has 7 nitrogen and oxygen atoms in total. The summed E-state index contributed by atoms with van der Waals surface area (Å²) < 4.78 is 1.96. The maximum absolute atomic E-state index is 12.6. The molecule has 8 heteroatoms. The first kappa shape index (κ1) is 20.4. The highest BCUT2D eigenvalue weighted by molar-refractivity contribution is 6.31. The van der Waals surface area contributed by atoms with Crippen LogP contribution in [0.4, 0.5) is 4.79 Å². The first-order chi connectivity index (χ1) is 14.0. The minimum absolute atomic E-state index is 0.0242. The van der Waals surface area contributed by atoms with Crippen LogP contribution in [0.15, 0.2) is 67.3 Å². The topological polar surface area (TPSA) is 102 Å². The van der Waals surface area contributed by atoms with Gasteiger partial charge in [0, 0.05) is 30.5 Å². The Labute approximate surface area is 173 Å². The van der Waals surface area contributed by atoms with Gasteiger partial charge < -0.3 is 20.9 Å². The second-order valence-corrected chi connectivity index (χ2v) is 6.97. The number of urea groups is 1. The predicted molar refractivity (Wildman–Crippen MR) is 111 cm³/mol. The Hall–Kier alpha value is -3.32. The zero-order valence-electron chi connectivity index (χ0n) is 15.7. The number of hydrogen-bond acceptors (Lipinski definition) is 3. The average molecular weight is 412 g/mol. The minimum Gasteiger partial charge on any atom is -0.352 e. The molecule has 0 saturated heterocycles. The standard InChI is InChI=1S/C21H22ClN5O2/c22-18-8-4-3-7-17(18)19(26-21(23)29)11-20(28)25-12-15-5-1-2-6-16(15)13-27-10-9-24-14-27/h1-10,14,19H,11-13H2,(H,25,28)(H3,23,26,29)/t19-/m1/s1. The number of rotatable bonds is 8. The van der Waals surface area contributed by atoms with Gasteiger partial charge in [0.1, 0.15) is 0 Å². The van der Waals surface area contributed by atoms with E-state index in [2.05, 4.69) is 15.6 Å². The lowest BCUT2D eigenvalue weighted by atomic mass is 10.0. The summed E-state index contributed by atoms with van der Waals surface area (Å²) in [5.41, 5.74) is 8.01. The van der Waals surface area contributed by atoms with Gasteiger partial charge in [0.2, 0.25) is 5.91 Å². The van der Waals surface area contributed by atoms with Crippen LogP contribution in [-0.2, 0) is 17.9 Å². The van der Waals surface area contributed by atoms with Gasteiger partial charge in [-0.2, -0.15) is 0 Å². The molecule has 0 aliphatic heterocycles. The molecule has 0 fully saturated rings. The summed E-state index contributed by atoms with van der Waals surface area (Å²) in [4.78, 5) is 28.0. The van der Waals surface area contributed by atoms with Crippen LogP contribution in [0, 0.1) is 0 Å². The monoisotopic (exact) mass is 411 g/mol. The Balaban J connectivity index is 1.65. The number of aromatic nitrogens is 2. The number of nitrogens with zero attached hydrogens (tertiary/aromatic N) is 2. The number of carbonyl (C=O) groups is 2. The SMILES string of the molecule is NC(=O)N[C@H](CC(=O)NCc1ccccc1Cn1ccnc1)c1ccccc1Cl. The Bertz CT molecular complexity index is 975. The molecular formula is C21H22ClN5O2. The third kappa shape index (κ3) is 5.83. The van der Waals surface area contributed by atoms with E-state index in [4.69, 9.17) is 17.3 Å². The zero-order chi connectivity index (χ0) is 20.6. The fourth-order valence-corrected chi connectivity index (χ4v) is 3.35. The number of primary amides is 1. The quantitative estimate of drug-likeness (QED) is 0.531. The number of benzene rings is 2. The van der Waals surface area contributed by atoms with Crippen molar-refractivity contribution in [2.45, 2.75) is 25.6 Å². The normalized spacial score (nSPS) is 11.6. The van der Waals surface area contributed by atoms with Gasteiger partial charge >= 0.3 is 6.03 Å². The average Bonchev–Trinajstić information content (AvgIpc) is 3.20. The van der Waals surface area contributed by atoms with Crippen LogP contribution in [0.3, 0.4) is 0 Å². The molecule has 0 aliphatic carbocycles. The summed E-state index contributed by atoms with van der Waals surface area (Å²) in [6.45, 7) is 1.03. The van der Waals surface area contributed by atoms with Crippen LogP contribution in [0.25, 0.3) is 0 Å². The van der Waals surface area contributed by atoms with Gasteiger partial charge in [-0.25, -0.2) is 9.78 Å². The Kier molecular flexibility index (Phi) is 6.86. The molecule has 3 rings (SSSR count). The van der Waals surface area contributed by atoms with E-state index in [0.717, 1.165) is 11.1 Å². The lowest BCUT2D eigenvalue weighted by Crippen LogP contribution is -2.36. The minimum atomic E-state index is -0.714. The molecule has 0 saturated carbocycles. The van der Waals surface area contributed by atoms with Crippen LogP contribution in [0.2, 0.25) is 5.02 Å². The number of nitrogens with two attached hydrogens (primary N) is 1. The third-order valence-corrected chi connectivity index (χ3v) is 4.84. The second kappa shape index (κ2) is 9.75. The second-order valence-electron chi connectivity index (χ2n) is 6.57. The van der Waals surface area contributed by atoms with E-state index in [1.807, 2.05) is 35.0 Å². The number of hydrogen-bond donors (Lipinski definition) is 3. The predicted octanol–water partition coefficient (Wildman–Crippen LogP) is 3.00. The Morgan fingerprint density at radius 1 is 1.10 bits per heavy atom. The van der Waals surface area contributed by atoms with Gasteiger partial charge in [-0.1, -0.05) is 54.1 Å². The van der Waals surface area contributed by atoms with Gasteiger partial charge in [0.05, 0.1) is 18.8 Å². The van der Waals surface area contributed by atoms with Crippen LogP contribution in [0.1, 0.15) is 29.2 Å². The molecule has 0 radical (unpaired) electrons. The maximum atomic E-state index is 12.6. The lowest BCUT2D eigenvalue weighted by molar-refractivity contribution is -0.121. The molecule has 1 atom stereocenters. The number of imidazole rings is 1. The van der Waals surface area contributed by atoms with Crippen molar-refractivity contribution in [2.24, 2.45) is 5.73 Å². The summed E-state index contributed by atoms with van der Waals surface area (Å²) in [6, 6.07) is 13.6. The number of amides is 3. The molecule has 2 aromatic carbocycles. The van der Waals surface area contributed by atoms with Gasteiger partial charge in [-0.15, -0.1) is 0 Å². The number of carbonyl (C=O) groups excluding carboxylic acids is 2. The van der Waals surface area contributed by atoms with Crippen molar-refractivity contribution >= 4 is 23.5 Å². The molecular weight excluding hydrogens is 390 g/mol. The van der Waals surface area contributed by atoms with Gasteiger partial charge in [0.25, 0.3) is 0 Å². The molecule has 4 N–H and O–H groups in total. The summed E-state index contributed by atoms with van der Waals surface area (Å²) in [5, 5.41) is 5.97. The Morgan fingerprint density at radius 2 is 1.83 bits per heavy atom. The molecule has 1 heterocycles. The van der Waals surface area contributed by atoms with Crippen LogP contribution in [0.5, 0.6) is 0 Å². The summed E-state index contributed by atoms with van der Waals surface area (Å²) in [6.07, 6.45) is 5.39. The van der Waals surface area contributed by atoms with E-state index in [1.165, 1.54) is 0 Å². The van der Waals surface area contributed by atoms with Crippen molar-refractivity contribution in [1.82, 2.24) is 20.2 Å². The zero-order valence-corrected chi connectivity index (χ0v) is 16.5. The van der Waals surface area contributed by atoms with Crippen LogP contribution < -0.4 is 16.4 Å². The highest BCUT2D eigenvalue weighted by Gasteiger charge is 2.19. The van der Waals surface area contributed by atoms with Crippen molar-refractivity contribution < 1.29 is 9.59 Å². The van der Waals surface area contributed by atoms with Gasteiger partial charge in [-0.3, -0.25) is 4.79 Å². The van der Waals surface area contributed by atoms with E-state index >= 15 is 0 Å². The fourth-order valence-electron chi connectivity index (χ4n) is 3.08. The lowest BCUT2D eigenvalue weighted by Gasteiger charge is -2.19. The number of halogens is 1. The molecule has 0 bridgehead atoms. The van der Waals surface area contributed by atoms with Gasteiger partial charge in [0.15, 0.2) is 0 Å². The van der Waals surface area contributed by atoms with E-state index in [-0.39, 0.29) is 12.3 Å². The van der Waals surface area contributed by atoms with Crippen LogP contribution in [-0.4, -0.2) is 21.5 Å². The molecule has 0 aliphatic rings. The molecule has 3 aromatic rings. The Morgan fingerprint density at radius 3 is 2.52 bits per heavy atom. The third-order valence-electron chi connectivity index (χ3n) is 4.49. The van der Waals surface area contributed by atoms with E-state index in [0.29, 0.717) is 23.7 Å². The van der Waals surface area contributed by atoms with Crippen molar-refractivity contribution in [3.63, 3.8) is 0 Å². The molecule has 29 heavy (non-hydrogen) atoms.